The number of methoxy groups -OCH3 is 1. The molecule has 1 aromatic heterocycles. The molecule has 4 heteroatoms. The van der Waals surface area contributed by atoms with Crippen LogP contribution in [0.25, 0.3) is 11.1 Å². The Morgan fingerprint density at radius 3 is 2.81 bits per heavy atom. The highest BCUT2D eigenvalue weighted by atomic mass is 19.1. The minimum atomic E-state index is -0.347. The highest BCUT2D eigenvalue weighted by Crippen LogP contribution is 2.31. The molecule has 0 bridgehead atoms. The van der Waals surface area contributed by atoms with Gasteiger partial charge in [0, 0.05) is 29.2 Å². The first-order chi connectivity index (χ1) is 7.72. The van der Waals surface area contributed by atoms with Gasteiger partial charge in [-0.2, -0.15) is 0 Å². The van der Waals surface area contributed by atoms with Crippen LogP contribution in [-0.4, -0.2) is 12.1 Å². The Labute approximate surface area is 92.7 Å². The van der Waals surface area contributed by atoms with E-state index in [9.17, 15) is 4.39 Å². The molecule has 0 unspecified atom stereocenters. The monoisotopic (exact) mass is 218 g/mol. The lowest BCUT2D eigenvalue weighted by atomic mass is 10.1. The molecule has 82 valence electrons. The zero-order chi connectivity index (χ0) is 11.5. The number of nitrogens with two attached hydrogens (primary N) is 1. The average Bonchev–Trinajstić information content (AvgIpc) is 2.32. The number of hydrogen-bond acceptors (Lipinski definition) is 3. The normalized spacial score (nSPS) is 10.1. The third kappa shape index (κ3) is 1.82. The van der Waals surface area contributed by atoms with Crippen LogP contribution < -0.4 is 10.5 Å². The molecule has 0 saturated carbocycles. The van der Waals surface area contributed by atoms with E-state index in [1.165, 1.54) is 19.2 Å². The van der Waals surface area contributed by atoms with Crippen molar-refractivity contribution >= 4 is 5.69 Å². The summed E-state index contributed by atoms with van der Waals surface area (Å²) in [6.45, 7) is 0. The standard InChI is InChI=1S/C12H11FN2O/c1-16-12-4-5-15-7-10(12)9-6-8(14)2-3-11(9)13/h2-7H,14H2,1H3. The van der Waals surface area contributed by atoms with Crippen molar-refractivity contribution in [1.82, 2.24) is 4.98 Å². The summed E-state index contributed by atoms with van der Waals surface area (Å²) in [5.41, 5.74) is 7.12. The molecule has 1 heterocycles. The number of rotatable bonds is 2. The maximum Gasteiger partial charge on any atom is 0.131 e. The van der Waals surface area contributed by atoms with Gasteiger partial charge in [0.15, 0.2) is 0 Å². The van der Waals surface area contributed by atoms with Crippen LogP contribution in [0.3, 0.4) is 0 Å². The van der Waals surface area contributed by atoms with Crippen molar-refractivity contribution in [2.75, 3.05) is 12.8 Å². The Bertz CT molecular complexity index is 514. The molecular formula is C12H11FN2O. The van der Waals surface area contributed by atoms with Crippen molar-refractivity contribution < 1.29 is 9.13 Å². The van der Waals surface area contributed by atoms with Gasteiger partial charge in [0.25, 0.3) is 0 Å². The highest BCUT2D eigenvalue weighted by Gasteiger charge is 2.10. The van der Waals surface area contributed by atoms with Crippen LogP contribution in [0.15, 0.2) is 36.7 Å². The molecule has 0 spiro atoms. The quantitative estimate of drug-likeness (QED) is 0.788. The predicted octanol–water partition coefficient (Wildman–Crippen LogP) is 2.48. The van der Waals surface area contributed by atoms with Gasteiger partial charge in [-0.1, -0.05) is 0 Å². The van der Waals surface area contributed by atoms with Gasteiger partial charge in [-0.15, -0.1) is 0 Å². The molecule has 0 aliphatic carbocycles. The molecular weight excluding hydrogens is 207 g/mol. The fourth-order valence-corrected chi connectivity index (χ4v) is 1.51. The molecule has 3 nitrogen and oxygen atoms in total. The van der Waals surface area contributed by atoms with E-state index < -0.39 is 0 Å². The van der Waals surface area contributed by atoms with Crippen molar-refractivity contribution in [2.24, 2.45) is 0 Å². The molecule has 0 aliphatic rings. The number of pyridine rings is 1. The number of hydrogen-bond donors (Lipinski definition) is 1. The minimum Gasteiger partial charge on any atom is -0.496 e. The zero-order valence-corrected chi connectivity index (χ0v) is 8.77. The zero-order valence-electron chi connectivity index (χ0n) is 8.77. The summed E-state index contributed by atoms with van der Waals surface area (Å²) < 4.78 is 18.8. The van der Waals surface area contributed by atoms with Crippen LogP contribution in [0.1, 0.15) is 0 Å². The van der Waals surface area contributed by atoms with E-state index >= 15 is 0 Å². The molecule has 0 aliphatic heterocycles. The van der Waals surface area contributed by atoms with Gasteiger partial charge in [0.05, 0.1) is 7.11 Å². The van der Waals surface area contributed by atoms with E-state index in [0.717, 1.165) is 0 Å². The Hall–Kier alpha value is -2.10. The fraction of sp³-hybridized carbons (Fsp3) is 0.0833. The number of ether oxygens (including phenoxy) is 1. The van der Waals surface area contributed by atoms with Crippen molar-refractivity contribution in [1.29, 1.82) is 0 Å². The molecule has 2 rings (SSSR count). The Morgan fingerprint density at radius 2 is 2.06 bits per heavy atom. The number of anilines is 1. The van der Waals surface area contributed by atoms with Crippen molar-refractivity contribution in [3.63, 3.8) is 0 Å². The molecule has 2 N–H and O–H groups in total. The molecule has 0 atom stereocenters. The molecule has 2 aromatic rings. The van der Waals surface area contributed by atoms with Gasteiger partial charge in [-0.3, -0.25) is 4.98 Å². The van der Waals surface area contributed by atoms with E-state index in [4.69, 9.17) is 10.5 Å². The highest BCUT2D eigenvalue weighted by molar-refractivity contribution is 5.72. The van der Waals surface area contributed by atoms with Crippen molar-refractivity contribution in [3.05, 3.63) is 42.5 Å². The average molecular weight is 218 g/mol. The van der Waals surface area contributed by atoms with Crippen LogP contribution in [0, 0.1) is 5.82 Å². The molecule has 0 amide bonds. The molecule has 0 fully saturated rings. The number of halogens is 1. The summed E-state index contributed by atoms with van der Waals surface area (Å²) in [5.74, 6) is 0.222. The van der Waals surface area contributed by atoms with Gasteiger partial charge in [0.1, 0.15) is 11.6 Å². The van der Waals surface area contributed by atoms with Crippen LogP contribution >= 0.6 is 0 Å². The third-order valence-electron chi connectivity index (χ3n) is 2.28. The van der Waals surface area contributed by atoms with Crippen molar-refractivity contribution in [3.8, 4) is 16.9 Å². The second-order valence-corrected chi connectivity index (χ2v) is 3.32. The second-order valence-electron chi connectivity index (χ2n) is 3.32. The first-order valence-electron chi connectivity index (χ1n) is 4.76. The van der Waals surface area contributed by atoms with Crippen LogP contribution in [-0.2, 0) is 0 Å². The summed E-state index contributed by atoms with van der Waals surface area (Å²) in [7, 11) is 1.53. The van der Waals surface area contributed by atoms with Gasteiger partial charge in [0.2, 0.25) is 0 Å². The smallest absolute Gasteiger partial charge is 0.131 e. The van der Waals surface area contributed by atoms with Gasteiger partial charge in [-0.05, 0) is 24.3 Å². The largest absolute Gasteiger partial charge is 0.496 e. The number of aromatic nitrogens is 1. The van der Waals surface area contributed by atoms with Gasteiger partial charge >= 0.3 is 0 Å². The number of benzene rings is 1. The third-order valence-corrected chi connectivity index (χ3v) is 2.28. The van der Waals surface area contributed by atoms with E-state index in [-0.39, 0.29) is 5.82 Å². The van der Waals surface area contributed by atoms with E-state index in [1.54, 1.807) is 24.5 Å². The van der Waals surface area contributed by atoms with Crippen LogP contribution in [0.5, 0.6) is 5.75 Å². The lowest BCUT2D eigenvalue weighted by Gasteiger charge is -2.09. The summed E-state index contributed by atoms with van der Waals surface area (Å²) in [4.78, 5) is 3.95. The lowest BCUT2D eigenvalue weighted by Crippen LogP contribution is -1.93. The Balaban J connectivity index is 2.62. The predicted molar refractivity (Wildman–Crippen MR) is 60.6 cm³/mol. The van der Waals surface area contributed by atoms with Crippen molar-refractivity contribution in [2.45, 2.75) is 0 Å². The maximum atomic E-state index is 13.6. The van der Waals surface area contributed by atoms with Gasteiger partial charge in [-0.25, -0.2) is 4.39 Å². The fourth-order valence-electron chi connectivity index (χ4n) is 1.51. The lowest BCUT2D eigenvalue weighted by molar-refractivity contribution is 0.415. The number of nitrogens with zero attached hydrogens (tertiary/aromatic N) is 1. The maximum absolute atomic E-state index is 13.6. The molecule has 0 saturated heterocycles. The molecule has 16 heavy (non-hydrogen) atoms. The minimum absolute atomic E-state index is 0.347. The topological polar surface area (TPSA) is 48.1 Å². The van der Waals surface area contributed by atoms with E-state index in [2.05, 4.69) is 4.98 Å². The van der Waals surface area contributed by atoms with Crippen LogP contribution in [0.2, 0.25) is 0 Å². The second kappa shape index (κ2) is 4.18. The van der Waals surface area contributed by atoms with Crippen LogP contribution in [0.4, 0.5) is 10.1 Å². The summed E-state index contributed by atoms with van der Waals surface area (Å²) in [6, 6.07) is 6.09. The first kappa shape index (κ1) is 10.4. The summed E-state index contributed by atoms with van der Waals surface area (Å²) in [6.07, 6.45) is 3.14. The summed E-state index contributed by atoms with van der Waals surface area (Å²) >= 11 is 0. The number of nitrogen functional groups attached to an aromatic ring is 1. The van der Waals surface area contributed by atoms with E-state index in [0.29, 0.717) is 22.6 Å². The Morgan fingerprint density at radius 1 is 1.25 bits per heavy atom. The van der Waals surface area contributed by atoms with E-state index in [1.807, 2.05) is 0 Å². The van der Waals surface area contributed by atoms with Gasteiger partial charge < -0.3 is 10.5 Å². The summed E-state index contributed by atoms with van der Waals surface area (Å²) in [5, 5.41) is 0. The Kier molecular flexibility index (Phi) is 2.72. The SMILES string of the molecule is COc1ccncc1-c1cc(N)ccc1F. The molecule has 1 aromatic carbocycles. The first-order valence-corrected chi connectivity index (χ1v) is 4.76. The molecule has 0 radical (unpaired) electrons.